The molecule has 0 unspecified atom stereocenters. The van der Waals surface area contributed by atoms with Crippen molar-refractivity contribution in [3.63, 3.8) is 0 Å². The van der Waals surface area contributed by atoms with Crippen LogP contribution in [0, 0.1) is 11.6 Å². The number of carbonyl (C=O) groups excluding carboxylic acids is 2. The Morgan fingerprint density at radius 3 is 1.41 bits per heavy atom. The Morgan fingerprint density at radius 1 is 0.590 bits per heavy atom. The number of hydrogen-bond acceptors (Lipinski definition) is 6. The summed E-state index contributed by atoms with van der Waals surface area (Å²) in [5, 5.41) is 0. The van der Waals surface area contributed by atoms with Gasteiger partial charge in [0.25, 0.3) is 0 Å². The molecule has 0 aliphatic carbocycles. The van der Waals surface area contributed by atoms with Gasteiger partial charge in [0.15, 0.2) is 0 Å². The Labute approximate surface area is 225 Å². The third-order valence-corrected chi connectivity index (χ3v) is 6.20. The lowest BCUT2D eigenvalue weighted by molar-refractivity contribution is -0.154. The maximum Gasteiger partial charge on any atom is 0.317 e. The maximum absolute atomic E-state index is 13.4. The summed E-state index contributed by atoms with van der Waals surface area (Å²) < 4.78 is 37.4. The summed E-state index contributed by atoms with van der Waals surface area (Å²) in [6.45, 7) is 0.105. The average molecular weight is 531 g/mol. The average Bonchev–Trinajstić information content (AvgIpc) is 2.90. The van der Waals surface area contributed by atoms with Gasteiger partial charge in [0, 0.05) is 35.3 Å². The lowest BCUT2D eigenvalue weighted by Gasteiger charge is -2.13. The van der Waals surface area contributed by atoms with Crippen molar-refractivity contribution in [2.24, 2.45) is 0 Å². The number of carbonyl (C=O) groups is 2. The van der Waals surface area contributed by atoms with Crippen molar-refractivity contribution < 1.29 is 27.8 Å². The second-order valence-corrected chi connectivity index (χ2v) is 8.90. The fourth-order valence-corrected chi connectivity index (χ4v) is 4.33. The maximum atomic E-state index is 13.4. The zero-order valence-electron chi connectivity index (χ0n) is 21.2. The Kier molecular flexibility index (Phi) is 8.89. The molecule has 4 aromatic rings. The fraction of sp³-hybridized carbons (Fsp3) is 0.161. The van der Waals surface area contributed by atoms with E-state index in [9.17, 15) is 18.4 Å². The quantitative estimate of drug-likeness (QED) is 0.154. The molecule has 4 N–H and O–H groups in total. The van der Waals surface area contributed by atoms with Gasteiger partial charge in [-0.15, -0.1) is 0 Å². The Morgan fingerprint density at radius 2 is 1.00 bits per heavy atom. The Balaban J connectivity index is 1.26. The Hall–Kier alpha value is -4.72. The lowest BCUT2D eigenvalue weighted by Crippen LogP contribution is -2.16. The summed E-state index contributed by atoms with van der Waals surface area (Å²) in [5.41, 5.74) is 17.3. The summed E-state index contributed by atoms with van der Waals surface area (Å²) in [6.07, 6.45) is 0.257. The monoisotopic (exact) mass is 530 g/mol. The molecule has 0 saturated heterocycles. The third-order valence-electron chi connectivity index (χ3n) is 6.20. The first-order valence-electron chi connectivity index (χ1n) is 12.4. The van der Waals surface area contributed by atoms with Crippen LogP contribution in [0.5, 0.6) is 0 Å². The standard InChI is InChI=1S/C31H28F2N2O4/c32-22-9-11-26(28(34)17-22)24-7-3-1-5-20(24)13-15-38-30(36)19-31(37)39-16-14-21-6-2-4-8-25(21)27-12-10-23(33)18-29(27)35/h1-12,17-18H,13-16,19,34-35H2. The summed E-state index contributed by atoms with van der Waals surface area (Å²) in [6, 6.07) is 23.3. The highest BCUT2D eigenvalue weighted by Crippen LogP contribution is 2.31. The van der Waals surface area contributed by atoms with Gasteiger partial charge < -0.3 is 20.9 Å². The minimum atomic E-state index is -0.696. The molecule has 4 aromatic carbocycles. The molecule has 0 aromatic heterocycles. The molecule has 0 amide bonds. The van der Waals surface area contributed by atoms with E-state index >= 15 is 0 Å². The molecule has 0 aliphatic heterocycles. The van der Waals surface area contributed by atoms with E-state index in [1.807, 2.05) is 48.5 Å². The van der Waals surface area contributed by atoms with Gasteiger partial charge in [-0.05, 0) is 58.7 Å². The van der Waals surface area contributed by atoms with Crippen molar-refractivity contribution in [2.45, 2.75) is 19.3 Å². The molecule has 4 rings (SSSR count). The topological polar surface area (TPSA) is 105 Å². The number of hydrogen-bond donors (Lipinski definition) is 2. The van der Waals surface area contributed by atoms with Gasteiger partial charge >= 0.3 is 11.9 Å². The van der Waals surface area contributed by atoms with Crippen molar-refractivity contribution >= 4 is 23.3 Å². The largest absolute Gasteiger partial charge is 0.465 e. The molecule has 200 valence electrons. The van der Waals surface area contributed by atoms with Crippen molar-refractivity contribution in [2.75, 3.05) is 24.7 Å². The van der Waals surface area contributed by atoms with Crippen LogP contribution in [0.2, 0.25) is 0 Å². The molecule has 0 aliphatic rings. The third kappa shape index (κ3) is 7.19. The van der Waals surface area contributed by atoms with E-state index in [2.05, 4.69) is 0 Å². The molecule has 8 heteroatoms. The smallest absolute Gasteiger partial charge is 0.317 e. The van der Waals surface area contributed by atoms with Crippen LogP contribution in [0.15, 0.2) is 84.9 Å². The van der Waals surface area contributed by atoms with Crippen molar-refractivity contribution in [3.8, 4) is 22.3 Å². The number of nitrogen functional groups attached to an aromatic ring is 2. The fourth-order valence-electron chi connectivity index (χ4n) is 4.33. The molecule has 0 spiro atoms. The molecule has 0 saturated carbocycles. The minimum absolute atomic E-state index is 0.0523. The predicted octanol–water partition coefficient (Wildman–Crippen LogP) is 5.72. The normalized spacial score (nSPS) is 10.7. The summed E-state index contributed by atoms with van der Waals surface area (Å²) in [5.74, 6) is -2.23. The van der Waals surface area contributed by atoms with Gasteiger partial charge in [0.1, 0.15) is 18.1 Å². The second-order valence-electron chi connectivity index (χ2n) is 8.90. The predicted molar refractivity (Wildman–Crippen MR) is 146 cm³/mol. The number of benzene rings is 4. The molecule has 6 nitrogen and oxygen atoms in total. The molecule has 0 radical (unpaired) electrons. The summed E-state index contributed by atoms with van der Waals surface area (Å²) >= 11 is 0. The first kappa shape index (κ1) is 27.3. The molecule has 39 heavy (non-hydrogen) atoms. The molecular formula is C31H28F2N2O4. The van der Waals surface area contributed by atoms with Crippen LogP contribution in [0.25, 0.3) is 22.3 Å². The highest BCUT2D eigenvalue weighted by atomic mass is 19.1. The summed E-state index contributed by atoms with van der Waals surface area (Å²) in [4.78, 5) is 24.4. The SMILES string of the molecule is Nc1cc(F)ccc1-c1ccccc1CCOC(=O)CC(=O)OCCc1ccccc1-c1ccc(F)cc1N. The van der Waals surface area contributed by atoms with Gasteiger partial charge in [0.2, 0.25) is 0 Å². The molecular weight excluding hydrogens is 502 g/mol. The molecule has 0 heterocycles. The molecule has 0 fully saturated rings. The highest BCUT2D eigenvalue weighted by molar-refractivity contribution is 5.91. The van der Waals surface area contributed by atoms with Gasteiger partial charge in [0.05, 0.1) is 13.2 Å². The van der Waals surface area contributed by atoms with Crippen LogP contribution in [0.1, 0.15) is 17.5 Å². The lowest BCUT2D eigenvalue weighted by atomic mass is 9.96. The minimum Gasteiger partial charge on any atom is -0.465 e. The first-order chi connectivity index (χ1) is 18.8. The van der Waals surface area contributed by atoms with E-state index in [1.165, 1.54) is 24.3 Å². The van der Waals surface area contributed by atoms with Gasteiger partial charge in [-0.2, -0.15) is 0 Å². The zero-order chi connectivity index (χ0) is 27.8. The van der Waals surface area contributed by atoms with Crippen molar-refractivity contribution in [1.82, 2.24) is 0 Å². The molecule has 0 atom stereocenters. The van der Waals surface area contributed by atoms with Gasteiger partial charge in [-0.25, -0.2) is 8.78 Å². The first-order valence-corrected chi connectivity index (χ1v) is 12.4. The second kappa shape index (κ2) is 12.7. The van der Waals surface area contributed by atoms with Crippen molar-refractivity contribution in [1.29, 1.82) is 0 Å². The van der Waals surface area contributed by atoms with Crippen LogP contribution >= 0.6 is 0 Å². The number of nitrogens with two attached hydrogens (primary N) is 2. The van der Waals surface area contributed by atoms with E-state index in [4.69, 9.17) is 20.9 Å². The van der Waals surface area contributed by atoms with Gasteiger partial charge in [-0.1, -0.05) is 48.5 Å². The summed E-state index contributed by atoms with van der Waals surface area (Å²) in [7, 11) is 0. The number of rotatable bonds is 10. The number of halogens is 2. The zero-order valence-corrected chi connectivity index (χ0v) is 21.2. The van der Waals surface area contributed by atoms with Crippen LogP contribution in [-0.2, 0) is 31.9 Å². The van der Waals surface area contributed by atoms with E-state index in [-0.39, 0.29) is 13.2 Å². The van der Waals surface area contributed by atoms with E-state index in [0.717, 1.165) is 22.3 Å². The highest BCUT2D eigenvalue weighted by Gasteiger charge is 2.15. The Bertz CT molecular complexity index is 1380. The van der Waals surface area contributed by atoms with Crippen LogP contribution < -0.4 is 11.5 Å². The van der Waals surface area contributed by atoms with Gasteiger partial charge in [-0.3, -0.25) is 9.59 Å². The van der Waals surface area contributed by atoms with E-state index < -0.39 is 30.0 Å². The molecule has 0 bridgehead atoms. The van der Waals surface area contributed by atoms with Crippen LogP contribution in [0.3, 0.4) is 0 Å². The van der Waals surface area contributed by atoms with Crippen molar-refractivity contribution in [3.05, 3.63) is 108 Å². The van der Waals surface area contributed by atoms with E-state index in [1.54, 1.807) is 12.1 Å². The number of esters is 2. The number of ether oxygens (including phenoxy) is 2. The van der Waals surface area contributed by atoms with E-state index in [0.29, 0.717) is 35.3 Å². The van der Waals surface area contributed by atoms with Crippen LogP contribution in [-0.4, -0.2) is 25.2 Å². The van der Waals surface area contributed by atoms with Crippen LogP contribution in [0.4, 0.5) is 20.2 Å². The number of anilines is 2.